The van der Waals surface area contributed by atoms with Gasteiger partial charge in [0.2, 0.25) is 0 Å². The van der Waals surface area contributed by atoms with E-state index in [4.69, 9.17) is 21.1 Å². The molecule has 0 bridgehead atoms. The lowest BCUT2D eigenvalue weighted by Gasteiger charge is -2.39. The van der Waals surface area contributed by atoms with Crippen molar-refractivity contribution >= 4 is 17.6 Å². The summed E-state index contributed by atoms with van der Waals surface area (Å²) in [5.74, 6) is -0.00328. The maximum atomic E-state index is 14.1. The molecule has 0 aliphatic heterocycles. The minimum atomic E-state index is -1.29. The first-order chi connectivity index (χ1) is 17.4. The molecule has 36 heavy (non-hydrogen) atoms. The second kappa shape index (κ2) is 11.1. The minimum Gasteiger partial charge on any atom is -0.457 e. The monoisotopic (exact) mass is 495 g/mol. The van der Waals surface area contributed by atoms with Gasteiger partial charge in [-0.15, -0.1) is 0 Å². The number of carbonyl (C=O) groups is 1. The Labute approximate surface area is 216 Å². The van der Waals surface area contributed by atoms with Gasteiger partial charge in [-0.1, -0.05) is 86.1 Å². The number of benzene rings is 4. The highest BCUT2D eigenvalue weighted by molar-refractivity contribution is 6.30. The van der Waals surface area contributed by atoms with E-state index < -0.39 is 17.3 Å². The van der Waals surface area contributed by atoms with Gasteiger partial charge in [0.1, 0.15) is 22.7 Å². The molecule has 0 spiro atoms. The third-order valence-corrected chi connectivity index (χ3v) is 6.53. The summed E-state index contributed by atoms with van der Waals surface area (Å²) in [5.41, 5.74) is 0.0810. The number of hydrogen-bond acceptors (Lipinski definition) is 4. The van der Waals surface area contributed by atoms with Gasteiger partial charge in [0.15, 0.2) is 0 Å². The quantitative estimate of drug-likeness (QED) is 0.184. The molecule has 0 saturated carbocycles. The molecule has 2 atom stereocenters. The van der Waals surface area contributed by atoms with E-state index in [1.165, 1.54) is 0 Å². The van der Waals surface area contributed by atoms with Crippen LogP contribution in [0, 0.1) is 17.2 Å². The van der Waals surface area contributed by atoms with Gasteiger partial charge in [0, 0.05) is 5.02 Å². The highest BCUT2D eigenvalue weighted by Gasteiger charge is 2.52. The van der Waals surface area contributed by atoms with Crippen molar-refractivity contribution in [1.29, 1.82) is 5.26 Å². The molecule has 4 aromatic rings. The van der Waals surface area contributed by atoms with Crippen molar-refractivity contribution in [2.45, 2.75) is 25.2 Å². The predicted molar refractivity (Wildman–Crippen MR) is 141 cm³/mol. The fraction of sp³-hybridized carbons (Fsp3) is 0.161. The molecule has 0 fully saturated rings. The second-order valence-electron chi connectivity index (χ2n) is 8.78. The zero-order valence-electron chi connectivity index (χ0n) is 20.1. The van der Waals surface area contributed by atoms with Crippen LogP contribution in [-0.2, 0) is 10.2 Å². The molecule has 4 aromatic carbocycles. The summed E-state index contributed by atoms with van der Waals surface area (Å²) in [6.45, 7) is 3.87. The number of esters is 1. The topological polar surface area (TPSA) is 59.3 Å². The molecule has 4 rings (SSSR count). The number of rotatable bonds is 8. The highest BCUT2D eigenvalue weighted by atomic mass is 35.5. The number of para-hydroxylation sites is 1. The molecule has 0 aromatic heterocycles. The summed E-state index contributed by atoms with van der Waals surface area (Å²) < 4.78 is 11.9. The summed E-state index contributed by atoms with van der Waals surface area (Å²) in [4.78, 5) is 14.1. The highest BCUT2D eigenvalue weighted by Crippen LogP contribution is 2.46. The third kappa shape index (κ3) is 5.12. The fourth-order valence-electron chi connectivity index (χ4n) is 4.53. The molecule has 0 amide bonds. The Morgan fingerprint density at radius 1 is 0.806 bits per heavy atom. The Bertz CT molecular complexity index is 1350. The summed E-state index contributed by atoms with van der Waals surface area (Å²) in [5, 5.41) is 11.1. The molecule has 0 heterocycles. The standard InChI is InChI=1S/C31H26ClNO3/c1-22(2)31(24-11-5-3-6-12-24,30(34)36-27-18-16-25(32)17-19-27)29(21-33)23-10-9-15-28(20-23)35-26-13-7-4-8-14-26/h3-20,22,29H,1-2H3. The van der Waals surface area contributed by atoms with E-state index in [0.29, 0.717) is 33.4 Å². The van der Waals surface area contributed by atoms with Crippen molar-refractivity contribution in [2.75, 3.05) is 0 Å². The van der Waals surface area contributed by atoms with Gasteiger partial charge in [-0.25, -0.2) is 0 Å². The average Bonchev–Trinajstić information content (AvgIpc) is 2.89. The van der Waals surface area contributed by atoms with Crippen LogP contribution >= 0.6 is 11.6 Å². The molecular weight excluding hydrogens is 470 g/mol. The number of ether oxygens (including phenoxy) is 2. The van der Waals surface area contributed by atoms with Crippen molar-refractivity contribution in [3.63, 3.8) is 0 Å². The minimum absolute atomic E-state index is 0.275. The summed E-state index contributed by atoms with van der Waals surface area (Å²) in [6.07, 6.45) is 0. The van der Waals surface area contributed by atoms with Crippen LogP contribution in [0.25, 0.3) is 0 Å². The van der Waals surface area contributed by atoms with Crippen molar-refractivity contribution < 1.29 is 14.3 Å². The number of halogens is 1. The molecule has 4 nitrogen and oxygen atoms in total. The Kier molecular flexibility index (Phi) is 7.73. The van der Waals surface area contributed by atoms with E-state index in [1.54, 1.807) is 24.3 Å². The van der Waals surface area contributed by atoms with Gasteiger partial charge < -0.3 is 9.47 Å². The van der Waals surface area contributed by atoms with E-state index in [-0.39, 0.29) is 5.92 Å². The summed E-state index contributed by atoms with van der Waals surface area (Å²) in [7, 11) is 0. The first kappa shape index (κ1) is 25.0. The van der Waals surface area contributed by atoms with Gasteiger partial charge in [0.05, 0.1) is 12.0 Å². The lowest BCUT2D eigenvalue weighted by molar-refractivity contribution is -0.143. The molecule has 0 saturated heterocycles. The van der Waals surface area contributed by atoms with Crippen LogP contribution in [0.3, 0.4) is 0 Å². The van der Waals surface area contributed by atoms with Crippen LogP contribution in [0.4, 0.5) is 0 Å². The Morgan fingerprint density at radius 3 is 2.03 bits per heavy atom. The van der Waals surface area contributed by atoms with Crippen molar-refractivity contribution in [2.24, 2.45) is 5.92 Å². The predicted octanol–water partition coefficient (Wildman–Crippen LogP) is 7.94. The van der Waals surface area contributed by atoms with E-state index in [9.17, 15) is 10.1 Å². The van der Waals surface area contributed by atoms with E-state index in [2.05, 4.69) is 6.07 Å². The third-order valence-electron chi connectivity index (χ3n) is 6.28. The SMILES string of the molecule is CC(C)C(C(=O)Oc1ccc(Cl)cc1)(c1ccccc1)C(C#N)c1cccc(Oc2ccccc2)c1. The second-order valence-corrected chi connectivity index (χ2v) is 9.22. The van der Waals surface area contributed by atoms with Crippen LogP contribution < -0.4 is 9.47 Å². The van der Waals surface area contributed by atoms with Gasteiger partial charge >= 0.3 is 5.97 Å². The largest absolute Gasteiger partial charge is 0.457 e. The lowest BCUT2D eigenvalue weighted by atomic mass is 9.61. The van der Waals surface area contributed by atoms with Crippen LogP contribution in [0.15, 0.2) is 109 Å². The van der Waals surface area contributed by atoms with Crippen molar-refractivity contribution in [3.8, 4) is 23.3 Å². The van der Waals surface area contributed by atoms with Crippen molar-refractivity contribution in [3.05, 3.63) is 125 Å². The Hall–Kier alpha value is -4.07. The zero-order valence-corrected chi connectivity index (χ0v) is 20.9. The van der Waals surface area contributed by atoms with Crippen LogP contribution in [0.5, 0.6) is 17.2 Å². The Morgan fingerprint density at radius 2 is 1.42 bits per heavy atom. The molecule has 0 aliphatic rings. The summed E-state index contributed by atoms with van der Waals surface area (Å²) >= 11 is 6.01. The van der Waals surface area contributed by atoms with Gasteiger partial charge in [0.25, 0.3) is 0 Å². The molecule has 180 valence electrons. The molecule has 0 aliphatic carbocycles. The fourth-order valence-corrected chi connectivity index (χ4v) is 4.66. The first-order valence-electron chi connectivity index (χ1n) is 11.7. The summed E-state index contributed by atoms with van der Waals surface area (Å²) in [6, 6.07) is 35.2. The molecule has 0 N–H and O–H groups in total. The van der Waals surface area contributed by atoms with E-state index in [1.807, 2.05) is 98.8 Å². The van der Waals surface area contributed by atoms with Crippen LogP contribution in [0.2, 0.25) is 5.02 Å². The zero-order chi connectivity index (χ0) is 25.5. The average molecular weight is 496 g/mol. The first-order valence-corrected chi connectivity index (χ1v) is 12.1. The molecular formula is C31H26ClNO3. The van der Waals surface area contributed by atoms with Gasteiger partial charge in [-0.2, -0.15) is 5.26 Å². The van der Waals surface area contributed by atoms with Crippen LogP contribution in [-0.4, -0.2) is 5.97 Å². The maximum Gasteiger partial charge on any atom is 0.323 e. The van der Waals surface area contributed by atoms with Gasteiger partial charge in [-0.3, -0.25) is 4.79 Å². The molecule has 5 heteroatoms. The normalized spacial score (nSPS) is 13.3. The number of nitrogens with zero attached hydrogens (tertiary/aromatic N) is 1. The number of hydrogen-bond donors (Lipinski definition) is 0. The van der Waals surface area contributed by atoms with Crippen LogP contribution in [0.1, 0.15) is 30.9 Å². The lowest BCUT2D eigenvalue weighted by Crippen LogP contribution is -2.48. The molecule has 0 radical (unpaired) electrons. The van der Waals surface area contributed by atoms with E-state index >= 15 is 0 Å². The molecule has 2 unspecified atom stereocenters. The van der Waals surface area contributed by atoms with Gasteiger partial charge in [-0.05, 0) is 65.6 Å². The Balaban J connectivity index is 1.82. The maximum absolute atomic E-state index is 14.1. The number of nitriles is 1. The smallest absolute Gasteiger partial charge is 0.323 e. The van der Waals surface area contributed by atoms with E-state index in [0.717, 1.165) is 0 Å². The number of carbonyl (C=O) groups excluding carboxylic acids is 1. The van der Waals surface area contributed by atoms with Crippen molar-refractivity contribution in [1.82, 2.24) is 0 Å².